The predicted molar refractivity (Wildman–Crippen MR) is 149 cm³/mol. The SMILES string of the molecule is OCc1ccc(F)cc1COc1nc(Br)cnc1NC(c1ccccc1)(c1ccccc1)c1ccccc1. The molecule has 0 bridgehead atoms. The summed E-state index contributed by atoms with van der Waals surface area (Å²) in [5.41, 5.74) is 3.28. The maximum atomic E-state index is 14.0. The standard InChI is InChI=1S/C31H25BrFN3O2/c32-28-19-34-29(30(35-28)38-21-23-18-27(33)17-16-22(23)20-37)36-31(24-10-4-1-5-11-24,25-12-6-2-7-13-25)26-14-8-3-9-15-26/h1-19,37H,20-21H2,(H,34,36). The lowest BCUT2D eigenvalue weighted by atomic mass is 9.77. The Bertz CT molecular complexity index is 1410. The number of hydrogen-bond acceptors (Lipinski definition) is 5. The first-order valence-electron chi connectivity index (χ1n) is 12.1. The van der Waals surface area contributed by atoms with Crippen LogP contribution in [0.2, 0.25) is 0 Å². The fourth-order valence-electron chi connectivity index (χ4n) is 4.53. The van der Waals surface area contributed by atoms with Crippen molar-refractivity contribution in [3.8, 4) is 5.88 Å². The number of nitrogens with one attached hydrogen (secondary N) is 1. The van der Waals surface area contributed by atoms with Gasteiger partial charge in [0.1, 0.15) is 22.6 Å². The van der Waals surface area contributed by atoms with Crippen LogP contribution in [0, 0.1) is 5.82 Å². The number of hydrogen-bond donors (Lipinski definition) is 2. The Morgan fingerprint density at radius 1 is 0.789 bits per heavy atom. The minimum absolute atomic E-state index is 0.00246. The summed E-state index contributed by atoms with van der Waals surface area (Å²) in [6, 6.07) is 34.6. The van der Waals surface area contributed by atoms with Crippen LogP contribution in [0.5, 0.6) is 5.88 Å². The number of aliphatic hydroxyl groups excluding tert-OH is 1. The van der Waals surface area contributed by atoms with Gasteiger partial charge < -0.3 is 15.2 Å². The Balaban J connectivity index is 1.63. The van der Waals surface area contributed by atoms with Gasteiger partial charge in [0, 0.05) is 0 Å². The highest BCUT2D eigenvalue weighted by Crippen LogP contribution is 2.41. The van der Waals surface area contributed by atoms with Crippen LogP contribution in [0.3, 0.4) is 0 Å². The summed E-state index contributed by atoms with van der Waals surface area (Å²) in [5, 5.41) is 13.4. The molecule has 0 atom stereocenters. The van der Waals surface area contributed by atoms with E-state index in [1.54, 1.807) is 12.3 Å². The van der Waals surface area contributed by atoms with Gasteiger partial charge in [-0.2, -0.15) is 0 Å². The zero-order chi connectivity index (χ0) is 26.4. The Morgan fingerprint density at radius 3 is 1.87 bits per heavy atom. The lowest BCUT2D eigenvalue weighted by molar-refractivity contribution is 0.265. The average Bonchev–Trinajstić information content (AvgIpc) is 2.97. The van der Waals surface area contributed by atoms with Gasteiger partial charge in [-0.3, -0.25) is 0 Å². The fourth-order valence-corrected chi connectivity index (χ4v) is 4.79. The lowest BCUT2D eigenvalue weighted by Crippen LogP contribution is -2.38. The summed E-state index contributed by atoms with van der Waals surface area (Å²) in [5.74, 6) is 0.238. The first kappa shape index (κ1) is 25.6. The number of aliphatic hydroxyl groups is 1. The third-order valence-electron chi connectivity index (χ3n) is 6.34. The molecule has 1 heterocycles. The molecule has 5 aromatic rings. The molecule has 5 rings (SSSR count). The second kappa shape index (κ2) is 11.5. The van der Waals surface area contributed by atoms with Crippen molar-refractivity contribution in [1.82, 2.24) is 9.97 Å². The van der Waals surface area contributed by atoms with E-state index in [1.165, 1.54) is 12.1 Å². The van der Waals surface area contributed by atoms with Crippen molar-refractivity contribution in [2.75, 3.05) is 5.32 Å². The van der Waals surface area contributed by atoms with E-state index in [9.17, 15) is 9.50 Å². The fraction of sp³-hybridized carbons (Fsp3) is 0.0968. The van der Waals surface area contributed by atoms with Crippen molar-refractivity contribution in [2.45, 2.75) is 18.8 Å². The average molecular weight is 570 g/mol. The molecule has 1 aromatic heterocycles. The van der Waals surface area contributed by atoms with Crippen LogP contribution in [0.25, 0.3) is 0 Å². The maximum absolute atomic E-state index is 14.0. The van der Waals surface area contributed by atoms with Crippen molar-refractivity contribution in [3.05, 3.63) is 154 Å². The Labute approximate surface area is 229 Å². The van der Waals surface area contributed by atoms with Crippen LogP contribution in [0.15, 0.2) is 120 Å². The second-order valence-corrected chi connectivity index (χ2v) is 9.49. The number of rotatable bonds is 9. The molecule has 7 heteroatoms. The molecule has 0 aliphatic rings. The lowest BCUT2D eigenvalue weighted by Gasteiger charge is -2.37. The summed E-state index contributed by atoms with van der Waals surface area (Å²) in [6.45, 7) is -0.226. The van der Waals surface area contributed by atoms with Gasteiger partial charge in [0.25, 0.3) is 5.88 Å². The first-order chi connectivity index (χ1) is 18.6. The zero-order valence-corrected chi connectivity index (χ0v) is 22.0. The van der Waals surface area contributed by atoms with Gasteiger partial charge in [-0.05, 0) is 55.9 Å². The van der Waals surface area contributed by atoms with Crippen molar-refractivity contribution >= 4 is 21.7 Å². The molecule has 0 aliphatic carbocycles. The van der Waals surface area contributed by atoms with Crippen LogP contribution in [-0.2, 0) is 18.8 Å². The van der Waals surface area contributed by atoms with Crippen LogP contribution in [-0.4, -0.2) is 15.1 Å². The number of halogens is 2. The molecule has 0 saturated heterocycles. The van der Waals surface area contributed by atoms with E-state index in [1.807, 2.05) is 54.6 Å². The molecule has 0 spiro atoms. The molecular formula is C31H25BrFN3O2. The van der Waals surface area contributed by atoms with Crippen molar-refractivity contribution < 1.29 is 14.2 Å². The molecule has 5 nitrogen and oxygen atoms in total. The highest BCUT2D eigenvalue weighted by Gasteiger charge is 2.37. The predicted octanol–water partition coefficient (Wildman–Crippen LogP) is 6.85. The van der Waals surface area contributed by atoms with E-state index in [-0.39, 0.29) is 19.1 Å². The summed E-state index contributed by atoms with van der Waals surface area (Å²) in [6.07, 6.45) is 1.60. The minimum Gasteiger partial charge on any atom is -0.470 e. The van der Waals surface area contributed by atoms with E-state index >= 15 is 0 Å². The third kappa shape index (κ3) is 5.30. The smallest absolute Gasteiger partial charge is 0.258 e. The second-order valence-electron chi connectivity index (χ2n) is 8.68. The summed E-state index contributed by atoms with van der Waals surface area (Å²) in [7, 11) is 0. The number of anilines is 1. The van der Waals surface area contributed by atoms with Crippen molar-refractivity contribution in [2.24, 2.45) is 0 Å². The molecular weight excluding hydrogens is 545 g/mol. The Morgan fingerprint density at radius 2 is 1.34 bits per heavy atom. The Hall–Kier alpha value is -4.07. The van der Waals surface area contributed by atoms with Crippen molar-refractivity contribution in [3.63, 3.8) is 0 Å². The molecule has 38 heavy (non-hydrogen) atoms. The highest BCUT2D eigenvalue weighted by atomic mass is 79.9. The molecule has 0 fully saturated rings. The quantitative estimate of drug-likeness (QED) is 0.190. The summed E-state index contributed by atoms with van der Waals surface area (Å²) in [4.78, 5) is 9.19. The minimum atomic E-state index is -0.834. The molecule has 4 aromatic carbocycles. The van der Waals surface area contributed by atoms with Gasteiger partial charge in [0.05, 0.1) is 12.8 Å². The van der Waals surface area contributed by atoms with Crippen molar-refractivity contribution in [1.29, 1.82) is 0 Å². The maximum Gasteiger partial charge on any atom is 0.258 e. The van der Waals surface area contributed by atoms with E-state index in [2.05, 4.69) is 67.6 Å². The van der Waals surface area contributed by atoms with E-state index in [0.29, 0.717) is 21.5 Å². The number of benzene rings is 4. The largest absolute Gasteiger partial charge is 0.470 e. The van der Waals surface area contributed by atoms with E-state index in [4.69, 9.17) is 4.74 Å². The van der Waals surface area contributed by atoms with E-state index < -0.39 is 11.4 Å². The van der Waals surface area contributed by atoms with Gasteiger partial charge in [-0.1, -0.05) is 97.1 Å². The molecule has 0 unspecified atom stereocenters. The molecule has 2 N–H and O–H groups in total. The zero-order valence-electron chi connectivity index (χ0n) is 20.4. The number of aromatic nitrogens is 2. The first-order valence-corrected chi connectivity index (χ1v) is 12.9. The van der Waals surface area contributed by atoms with Gasteiger partial charge in [-0.25, -0.2) is 14.4 Å². The van der Waals surface area contributed by atoms with Gasteiger partial charge in [0.15, 0.2) is 5.82 Å². The molecule has 0 radical (unpaired) electrons. The molecule has 0 amide bonds. The topological polar surface area (TPSA) is 67.3 Å². The molecule has 190 valence electrons. The summed E-state index contributed by atoms with van der Waals surface area (Å²) < 4.78 is 20.6. The van der Waals surface area contributed by atoms with Crippen LogP contribution in [0.1, 0.15) is 27.8 Å². The van der Waals surface area contributed by atoms with Crippen LogP contribution < -0.4 is 10.1 Å². The van der Waals surface area contributed by atoms with Crippen LogP contribution in [0.4, 0.5) is 10.2 Å². The summed E-state index contributed by atoms with van der Waals surface area (Å²) >= 11 is 3.40. The van der Waals surface area contributed by atoms with Crippen LogP contribution >= 0.6 is 15.9 Å². The monoisotopic (exact) mass is 569 g/mol. The molecule has 0 saturated carbocycles. The number of nitrogens with zero attached hydrogens (tertiary/aromatic N) is 2. The van der Waals surface area contributed by atoms with Gasteiger partial charge >= 0.3 is 0 Å². The normalized spacial score (nSPS) is 11.2. The van der Waals surface area contributed by atoms with E-state index in [0.717, 1.165) is 16.7 Å². The Kier molecular flexibility index (Phi) is 7.77. The third-order valence-corrected chi connectivity index (χ3v) is 6.72. The molecule has 0 aliphatic heterocycles. The number of ether oxygens (including phenoxy) is 1. The highest BCUT2D eigenvalue weighted by molar-refractivity contribution is 9.10. The van der Waals surface area contributed by atoms with Gasteiger partial charge in [-0.15, -0.1) is 0 Å². The van der Waals surface area contributed by atoms with Gasteiger partial charge in [0.2, 0.25) is 0 Å².